The first-order chi connectivity index (χ1) is 9.44. The largest absolute Gasteiger partial charge is 0.381 e. The van der Waals surface area contributed by atoms with Gasteiger partial charge in [0.25, 0.3) is 10.0 Å². The van der Waals surface area contributed by atoms with Crippen LogP contribution >= 0.6 is 11.3 Å². The van der Waals surface area contributed by atoms with Crippen molar-refractivity contribution in [3.63, 3.8) is 0 Å². The number of ether oxygens (including phenoxy) is 1. The average molecular weight is 322 g/mol. The Kier molecular flexibility index (Phi) is 4.55. The van der Waals surface area contributed by atoms with Crippen LogP contribution in [-0.4, -0.2) is 32.6 Å². The number of rotatable bonds is 5. The van der Waals surface area contributed by atoms with Crippen molar-refractivity contribution >= 4 is 32.0 Å². The van der Waals surface area contributed by atoms with Gasteiger partial charge in [-0.2, -0.15) is 0 Å². The average Bonchev–Trinajstić information content (AvgIpc) is 2.84. The first kappa shape index (κ1) is 15.1. The van der Waals surface area contributed by atoms with Crippen LogP contribution < -0.4 is 16.0 Å². The van der Waals surface area contributed by atoms with Gasteiger partial charge in [-0.15, -0.1) is 0 Å². The van der Waals surface area contributed by atoms with Gasteiger partial charge in [0.2, 0.25) is 0 Å². The van der Waals surface area contributed by atoms with Crippen LogP contribution in [0.3, 0.4) is 0 Å². The second-order valence-corrected chi connectivity index (χ2v) is 7.18. The highest BCUT2D eigenvalue weighted by molar-refractivity contribution is 7.91. The van der Waals surface area contributed by atoms with Gasteiger partial charge in [-0.25, -0.2) is 19.0 Å². The van der Waals surface area contributed by atoms with Crippen LogP contribution in [-0.2, 0) is 14.8 Å². The summed E-state index contributed by atoms with van der Waals surface area (Å²) in [5.74, 6) is 5.15. The zero-order valence-corrected chi connectivity index (χ0v) is 12.0. The lowest BCUT2D eigenvalue weighted by molar-refractivity contribution is -0.383. The molecule has 0 amide bonds. The minimum Gasteiger partial charge on any atom is -0.381 e. The molecule has 1 aromatic heterocycles. The molecule has 112 valence electrons. The van der Waals surface area contributed by atoms with E-state index in [0.717, 1.165) is 17.4 Å². The molecule has 0 unspecified atom stereocenters. The van der Waals surface area contributed by atoms with E-state index >= 15 is 0 Å². The summed E-state index contributed by atoms with van der Waals surface area (Å²) >= 11 is 0.724. The van der Waals surface area contributed by atoms with E-state index in [0.29, 0.717) is 26.1 Å². The molecule has 1 aliphatic heterocycles. The van der Waals surface area contributed by atoms with E-state index < -0.39 is 14.9 Å². The maximum atomic E-state index is 12.2. The van der Waals surface area contributed by atoms with Gasteiger partial charge < -0.3 is 10.2 Å². The third-order valence-corrected chi connectivity index (χ3v) is 5.88. The zero-order valence-electron chi connectivity index (χ0n) is 10.4. The second kappa shape index (κ2) is 6.01. The van der Waals surface area contributed by atoms with Crippen LogP contribution in [0.15, 0.2) is 10.3 Å². The Morgan fingerprint density at radius 1 is 1.45 bits per heavy atom. The molecule has 11 heteroatoms. The Hall–Kier alpha value is -1.27. The highest BCUT2D eigenvalue weighted by Gasteiger charge is 2.28. The van der Waals surface area contributed by atoms with Crippen LogP contribution in [0.4, 0.5) is 10.7 Å². The van der Waals surface area contributed by atoms with Crippen molar-refractivity contribution in [2.24, 2.45) is 5.84 Å². The zero-order chi connectivity index (χ0) is 14.8. The first-order valence-corrected chi connectivity index (χ1v) is 8.09. The van der Waals surface area contributed by atoms with Crippen LogP contribution in [0.5, 0.6) is 0 Å². The molecule has 0 aliphatic carbocycles. The van der Waals surface area contributed by atoms with E-state index in [1.54, 1.807) is 0 Å². The van der Waals surface area contributed by atoms with E-state index in [2.05, 4.69) is 10.1 Å². The lowest BCUT2D eigenvalue weighted by atomic mass is 10.1. The minimum absolute atomic E-state index is 0.00218. The van der Waals surface area contributed by atoms with Crippen LogP contribution in [0, 0.1) is 10.1 Å². The monoisotopic (exact) mass is 322 g/mol. The molecular weight excluding hydrogens is 308 g/mol. The van der Waals surface area contributed by atoms with Gasteiger partial charge in [0.1, 0.15) is 4.21 Å². The van der Waals surface area contributed by atoms with Crippen LogP contribution in [0.2, 0.25) is 0 Å². The number of sulfonamides is 1. The van der Waals surface area contributed by atoms with Crippen molar-refractivity contribution in [2.75, 3.05) is 18.6 Å². The number of nitro groups is 1. The molecule has 1 saturated heterocycles. The molecule has 1 aromatic rings. The van der Waals surface area contributed by atoms with Crippen molar-refractivity contribution in [3.8, 4) is 0 Å². The van der Waals surface area contributed by atoms with Gasteiger partial charge in [0, 0.05) is 25.3 Å². The number of hydrogen-bond donors (Lipinski definition) is 3. The van der Waals surface area contributed by atoms with E-state index in [1.165, 1.54) is 0 Å². The number of nitrogen functional groups attached to an aromatic ring is 1. The predicted octanol–water partition coefficient (Wildman–Crippen LogP) is 0.399. The van der Waals surface area contributed by atoms with E-state index in [1.807, 2.05) is 0 Å². The number of hydrazine groups is 1. The van der Waals surface area contributed by atoms with Crippen molar-refractivity contribution in [3.05, 3.63) is 16.2 Å². The molecule has 2 heterocycles. The molecule has 0 spiro atoms. The van der Waals surface area contributed by atoms with Crippen LogP contribution in [0.1, 0.15) is 12.8 Å². The van der Waals surface area contributed by atoms with Gasteiger partial charge in [-0.3, -0.25) is 10.1 Å². The van der Waals surface area contributed by atoms with Crippen molar-refractivity contribution in [2.45, 2.75) is 23.1 Å². The molecule has 4 N–H and O–H groups in total. The van der Waals surface area contributed by atoms with Crippen molar-refractivity contribution in [1.29, 1.82) is 0 Å². The van der Waals surface area contributed by atoms with E-state index in [9.17, 15) is 18.5 Å². The maximum absolute atomic E-state index is 12.2. The van der Waals surface area contributed by atoms with Crippen LogP contribution in [0.25, 0.3) is 0 Å². The molecule has 1 fully saturated rings. The number of anilines is 1. The molecule has 0 radical (unpaired) electrons. The summed E-state index contributed by atoms with van der Waals surface area (Å²) in [6, 6.07) is 0.783. The molecule has 0 saturated carbocycles. The van der Waals surface area contributed by atoms with Crippen molar-refractivity contribution in [1.82, 2.24) is 4.72 Å². The lowest BCUT2D eigenvalue weighted by Crippen LogP contribution is -2.38. The van der Waals surface area contributed by atoms with E-state index in [4.69, 9.17) is 10.6 Å². The third kappa shape index (κ3) is 3.24. The quantitative estimate of drug-likeness (QED) is 0.405. The first-order valence-electron chi connectivity index (χ1n) is 5.79. The Bertz CT molecular complexity index is 593. The summed E-state index contributed by atoms with van der Waals surface area (Å²) in [5, 5.41) is 10.8. The molecule has 0 aromatic carbocycles. The fourth-order valence-corrected chi connectivity index (χ4v) is 4.38. The molecule has 0 atom stereocenters. The smallest absolute Gasteiger partial charge is 0.306 e. The second-order valence-electron chi connectivity index (χ2n) is 4.19. The Morgan fingerprint density at radius 2 is 2.10 bits per heavy atom. The number of thiophene rings is 1. The molecule has 2 rings (SSSR count). The Morgan fingerprint density at radius 3 is 2.60 bits per heavy atom. The standard InChI is InChI=1S/C9H14N4O5S2/c10-11-9-7(13(14)15)5-8(19-9)20(16,17)12-6-1-3-18-4-2-6/h5-6,11-12H,1-4,10H2. The molecule has 9 nitrogen and oxygen atoms in total. The summed E-state index contributed by atoms with van der Waals surface area (Å²) < 4.78 is 31.9. The van der Waals surface area contributed by atoms with Gasteiger partial charge in [0.15, 0.2) is 5.00 Å². The fraction of sp³-hybridized carbons (Fsp3) is 0.556. The van der Waals surface area contributed by atoms with E-state index in [-0.39, 0.29) is 20.9 Å². The fourth-order valence-electron chi connectivity index (χ4n) is 1.82. The molecular formula is C9H14N4O5S2. The molecule has 1 aliphatic rings. The Labute approximate surface area is 119 Å². The maximum Gasteiger partial charge on any atom is 0.306 e. The highest BCUT2D eigenvalue weighted by Crippen LogP contribution is 2.36. The van der Waals surface area contributed by atoms with Crippen molar-refractivity contribution < 1.29 is 18.1 Å². The highest BCUT2D eigenvalue weighted by atomic mass is 32.2. The van der Waals surface area contributed by atoms with Gasteiger partial charge in [-0.05, 0) is 12.8 Å². The summed E-state index contributed by atoms with van der Waals surface area (Å²) in [4.78, 5) is 10.1. The molecule has 20 heavy (non-hydrogen) atoms. The lowest BCUT2D eigenvalue weighted by Gasteiger charge is -2.22. The summed E-state index contributed by atoms with van der Waals surface area (Å²) in [6.07, 6.45) is 1.16. The predicted molar refractivity (Wildman–Crippen MR) is 72.9 cm³/mol. The summed E-state index contributed by atoms with van der Waals surface area (Å²) in [5.41, 5.74) is 1.78. The Balaban J connectivity index is 2.22. The number of nitrogens with two attached hydrogens (primary N) is 1. The summed E-state index contributed by atoms with van der Waals surface area (Å²) in [6.45, 7) is 0.987. The normalized spacial score (nSPS) is 17.1. The number of nitrogens with one attached hydrogen (secondary N) is 2. The SMILES string of the molecule is NNc1sc(S(=O)(=O)NC2CCOCC2)cc1[N+](=O)[O-]. The third-order valence-electron chi connectivity index (χ3n) is 2.83. The minimum atomic E-state index is -3.79. The number of nitrogens with zero attached hydrogens (tertiary/aromatic N) is 1. The van der Waals surface area contributed by atoms with Gasteiger partial charge >= 0.3 is 5.69 Å². The van der Waals surface area contributed by atoms with Gasteiger partial charge in [-0.1, -0.05) is 11.3 Å². The van der Waals surface area contributed by atoms with Gasteiger partial charge in [0.05, 0.1) is 4.92 Å². The number of hydrogen-bond acceptors (Lipinski definition) is 8. The topological polar surface area (TPSA) is 137 Å². The summed E-state index contributed by atoms with van der Waals surface area (Å²) in [7, 11) is -3.79. The molecule has 0 bridgehead atoms.